The highest BCUT2D eigenvalue weighted by Crippen LogP contribution is 2.16. The van der Waals surface area contributed by atoms with Crippen LogP contribution in [0, 0.1) is 5.82 Å². The lowest BCUT2D eigenvalue weighted by Crippen LogP contribution is -2.17. The summed E-state index contributed by atoms with van der Waals surface area (Å²) in [5, 5.41) is 0. The number of halogens is 1. The van der Waals surface area contributed by atoms with Crippen LogP contribution in [0.25, 0.3) is 0 Å². The first kappa shape index (κ1) is 12.3. The van der Waals surface area contributed by atoms with Crippen LogP contribution in [0.5, 0.6) is 0 Å². The lowest BCUT2D eigenvalue weighted by atomic mass is 10.2. The Morgan fingerprint density at radius 1 is 1.28 bits per heavy atom. The van der Waals surface area contributed by atoms with Crippen LogP contribution in [0.15, 0.2) is 42.6 Å². The van der Waals surface area contributed by atoms with Crippen molar-refractivity contribution in [3.05, 3.63) is 54.0 Å². The molecule has 0 fully saturated rings. The first-order valence-electron chi connectivity index (χ1n) is 5.57. The van der Waals surface area contributed by atoms with E-state index in [1.807, 2.05) is 24.1 Å². The smallest absolute Gasteiger partial charge is 0.140 e. The summed E-state index contributed by atoms with van der Waals surface area (Å²) in [4.78, 5) is 6.07. The molecule has 0 amide bonds. The topological polar surface area (TPSA) is 54.2 Å². The van der Waals surface area contributed by atoms with Gasteiger partial charge in [0.15, 0.2) is 0 Å². The zero-order valence-corrected chi connectivity index (χ0v) is 10.1. The average Bonchev–Trinajstić information content (AvgIpc) is 2.39. The van der Waals surface area contributed by atoms with Crippen LogP contribution < -0.4 is 16.2 Å². The van der Waals surface area contributed by atoms with Crippen molar-refractivity contribution in [1.29, 1.82) is 0 Å². The third-order valence-electron chi connectivity index (χ3n) is 2.66. The van der Waals surface area contributed by atoms with Crippen molar-refractivity contribution in [2.45, 2.75) is 6.54 Å². The van der Waals surface area contributed by atoms with Gasteiger partial charge in [-0.15, -0.1) is 0 Å². The maximum absolute atomic E-state index is 12.8. The quantitative estimate of drug-likeness (QED) is 0.641. The standard InChI is InChI=1S/C13H15FN4/c1-18(12-4-2-11(14)3-5-12)9-10-6-7-16-13(8-10)17-15/h2-8H,9,15H2,1H3,(H,16,17). The van der Waals surface area contributed by atoms with Crippen LogP contribution in [0.3, 0.4) is 0 Å². The molecule has 1 heterocycles. The Balaban J connectivity index is 2.10. The van der Waals surface area contributed by atoms with Gasteiger partial charge in [-0.25, -0.2) is 15.2 Å². The van der Waals surface area contributed by atoms with E-state index in [1.54, 1.807) is 18.3 Å². The summed E-state index contributed by atoms with van der Waals surface area (Å²) in [7, 11) is 1.95. The summed E-state index contributed by atoms with van der Waals surface area (Å²) in [6.45, 7) is 0.697. The predicted molar refractivity (Wildman–Crippen MR) is 70.6 cm³/mol. The average molecular weight is 246 g/mol. The van der Waals surface area contributed by atoms with Crippen molar-refractivity contribution < 1.29 is 4.39 Å². The lowest BCUT2D eigenvalue weighted by Gasteiger charge is -2.19. The van der Waals surface area contributed by atoms with E-state index < -0.39 is 0 Å². The van der Waals surface area contributed by atoms with E-state index in [0.717, 1.165) is 11.3 Å². The summed E-state index contributed by atoms with van der Waals surface area (Å²) in [5.41, 5.74) is 4.54. The second kappa shape index (κ2) is 5.46. The Labute approximate surface area is 105 Å². The van der Waals surface area contributed by atoms with E-state index in [9.17, 15) is 4.39 Å². The second-order valence-electron chi connectivity index (χ2n) is 4.03. The van der Waals surface area contributed by atoms with Crippen molar-refractivity contribution in [1.82, 2.24) is 4.98 Å². The van der Waals surface area contributed by atoms with Gasteiger partial charge in [0.25, 0.3) is 0 Å². The number of anilines is 2. The summed E-state index contributed by atoms with van der Waals surface area (Å²) in [6, 6.07) is 10.2. The first-order chi connectivity index (χ1) is 8.69. The van der Waals surface area contributed by atoms with Crippen LogP contribution >= 0.6 is 0 Å². The summed E-state index contributed by atoms with van der Waals surface area (Å²) < 4.78 is 12.8. The number of nitrogens with two attached hydrogens (primary N) is 1. The molecule has 0 spiro atoms. The molecule has 18 heavy (non-hydrogen) atoms. The van der Waals surface area contributed by atoms with Crippen molar-refractivity contribution in [3.8, 4) is 0 Å². The van der Waals surface area contributed by atoms with E-state index in [4.69, 9.17) is 5.84 Å². The van der Waals surface area contributed by atoms with Crippen molar-refractivity contribution >= 4 is 11.5 Å². The van der Waals surface area contributed by atoms with E-state index >= 15 is 0 Å². The maximum atomic E-state index is 12.8. The highest BCUT2D eigenvalue weighted by atomic mass is 19.1. The molecule has 0 aliphatic carbocycles. The van der Waals surface area contributed by atoms with Crippen LogP contribution in [-0.4, -0.2) is 12.0 Å². The van der Waals surface area contributed by atoms with E-state index in [0.29, 0.717) is 12.4 Å². The number of nitrogens with zero attached hydrogens (tertiary/aromatic N) is 2. The van der Waals surface area contributed by atoms with E-state index in [2.05, 4.69) is 10.4 Å². The largest absolute Gasteiger partial charge is 0.370 e. The van der Waals surface area contributed by atoms with Crippen LogP contribution in [-0.2, 0) is 6.54 Å². The fourth-order valence-corrected chi connectivity index (χ4v) is 1.71. The molecule has 4 nitrogen and oxygen atoms in total. The first-order valence-corrected chi connectivity index (χ1v) is 5.57. The van der Waals surface area contributed by atoms with Crippen molar-refractivity contribution in [2.75, 3.05) is 17.4 Å². The van der Waals surface area contributed by atoms with Gasteiger partial charge in [0.1, 0.15) is 11.6 Å². The molecule has 3 N–H and O–H groups in total. The Kier molecular flexibility index (Phi) is 3.74. The van der Waals surface area contributed by atoms with Crippen LogP contribution in [0.1, 0.15) is 5.56 Å². The molecule has 0 atom stereocenters. The van der Waals surface area contributed by atoms with Crippen molar-refractivity contribution in [3.63, 3.8) is 0 Å². The number of rotatable bonds is 4. The number of hydrogen-bond acceptors (Lipinski definition) is 4. The molecule has 1 aromatic carbocycles. The Morgan fingerprint density at radius 3 is 2.67 bits per heavy atom. The molecule has 0 radical (unpaired) electrons. The minimum Gasteiger partial charge on any atom is -0.370 e. The number of hydrogen-bond donors (Lipinski definition) is 2. The molecule has 0 aliphatic rings. The van der Waals surface area contributed by atoms with E-state index in [1.165, 1.54) is 12.1 Å². The van der Waals surface area contributed by atoms with Gasteiger partial charge in [-0.1, -0.05) is 0 Å². The normalized spacial score (nSPS) is 10.2. The third-order valence-corrected chi connectivity index (χ3v) is 2.66. The summed E-state index contributed by atoms with van der Waals surface area (Å²) >= 11 is 0. The Morgan fingerprint density at radius 2 is 2.00 bits per heavy atom. The highest BCUT2D eigenvalue weighted by Gasteiger charge is 2.03. The molecule has 0 saturated heterocycles. The zero-order chi connectivity index (χ0) is 13.0. The second-order valence-corrected chi connectivity index (χ2v) is 4.03. The number of aromatic nitrogens is 1. The van der Waals surface area contributed by atoms with Gasteiger partial charge in [-0.2, -0.15) is 0 Å². The monoisotopic (exact) mass is 246 g/mol. The van der Waals surface area contributed by atoms with Crippen molar-refractivity contribution in [2.24, 2.45) is 5.84 Å². The van der Waals surface area contributed by atoms with Gasteiger partial charge in [0.2, 0.25) is 0 Å². The fraction of sp³-hybridized carbons (Fsp3) is 0.154. The van der Waals surface area contributed by atoms with Gasteiger partial charge in [0.05, 0.1) is 0 Å². The van der Waals surface area contributed by atoms with Gasteiger partial charge in [-0.05, 0) is 42.0 Å². The van der Waals surface area contributed by atoms with Gasteiger partial charge >= 0.3 is 0 Å². The fourth-order valence-electron chi connectivity index (χ4n) is 1.71. The van der Waals surface area contributed by atoms with Gasteiger partial charge < -0.3 is 10.3 Å². The molecule has 5 heteroatoms. The van der Waals surface area contributed by atoms with Gasteiger partial charge in [0, 0.05) is 25.5 Å². The van der Waals surface area contributed by atoms with Gasteiger partial charge in [-0.3, -0.25) is 0 Å². The Hall–Kier alpha value is -2.14. The minimum absolute atomic E-state index is 0.231. The third kappa shape index (κ3) is 2.95. The molecule has 2 aromatic rings. The molecule has 1 aromatic heterocycles. The maximum Gasteiger partial charge on any atom is 0.140 e. The number of benzene rings is 1. The molecule has 0 bridgehead atoms. The summed E-state index contributed by atoms with van der Waals surface area (Å²) in [6.07, 6.45) is 1.70. The SMILES string of the molecule is CN(Cc1ccnc(NN)c1)c1ccc(F)cc1. The molecule has 0 aliphatic heterocycles. The Bertz CT molecular complexity index is 513. The number of hydrazine groups is 1. The molecule has 94 valence electrons. The zero-order valence-electron chi connectivity index (χ0n) is 10.1. The summed E-state index contributed by atoms with van der Waals surface area (Å²) in [5.74, 6) is 5.70. The molecule has 0 unspecified atom stereocenters. The van der Waals surface area contributed by atoms with E-state index in [-0.39, 0.29) is 5.82 Å². The molecule has 0 saturated carbocycles. The highest BCUT2D eigenvalue weighted by molar-refractivity contribution is 5.47. The molecular weight excluding hydrogens is 231 g/mol. The number of pyridine rings is 1. The van der Waals surface area contributed by atoms with Crippen LogP contribution in [0.4, 0.5) is 15.9 Å². The molecule has 2 rings (SSSR count). The molecular formula is C13H15FN4. The van der Waals surface area contributed by atoms with Crippen LogP contribution in [0.2, 0.25) is 0 Å². The lowest BCUT2D eigenvalue weighted by molar-refractivity contribution is 0.627. The predicted octanol–water partition coefficient (Wildman–Crippen LogP) is 2.14. The minimum atomic E-state index is -0.231. The number of nitrogens with one attached hydrogen (secondary N) is 1. The number of nitrogen functional groups attached to an aromatic ring is 1.